The SMILES string of the molecule is Cc1noc(C)c1CSc1ccccc1C(=O)N(C)Cc1cccc(Cl)c1. The van der Waals surface area contributed by atoms with Crippen LogP contribution in [0, 0.1) is 13.8 Å². The molecule has 6 heteroatoms. The van der Waals surface area contributed by atoms with Gasteiger partial charge in [0.15, 0.2) is 0 Å². The second kappa shape index (κ2) is 8.63. The molecule has 0 saturated heterocycles. The highest BCUT2D eigenvalue weighted by atomic mass is 35.5. The number of carbonyl (C=O) groups excluding carboxylic acids is 1. The molecule has 0 aliphatic heterocycles. The summed E-state index contributed by atoms with van der Waals surface area (Å²) in [7, 11) is 1.80. The average Bonchev–Trinajstić information content (AvgIpc) is 2.97. The van der Waals surface area contributed by atoms with Gasteiger partial charge in [-0.05, 0) is 43.7 Å². The molecule has 1 aromatic heterocycles. The molecule has 0 fully saturated rings. The molecule has 3 aromatic rings. The molecule has 0 saturated carbocycles. The summed E-state index contributed by atoms with van der Waals surface area (Å²) in [5, 5.41) is 4.66. The molecule has 0 N–H and O–H groups in total. The topological polar surface area (TPSA) is 46.3 Å². The first kappa shape index (κ1) is 19.5. The van der Waals surface area contributed by atoms with E-state index in [2.05, 4.69) is 5.16 Å². The van der Waals surface area contributed by atoms with Crippen LogP contribution in [0.4, 0.5) is 0 Å². The van der Waals surface area contributed by atoms with Crippen LogP contribution in [-0.4, -0.2) is 23.0 Å². The van der Waals surface area contributed by atoms with Gasteiger partial charge in [0.25, 0.3) is 5.91 Å². The van der Waals surface area contributed by atoms with E-state index in [1.807, 2.05) is 62.4 Å². The monoisotopic (exact) mass is 400 g/mol. The quantitative estimate of drug-likeness (QED) is 0.512. The number of hydrogen-bond acceptors (Lipinski definition) is 4. The zero-order chi connectivity index (χ0) is 19.4. The number of aryl methyl sites for hydroxylation is 2. The van der Waals surface area contributed by atoms with Crippen molar-refractivity contribution in [1.29, 1.82) is 0 Å². The fraction of sp³-hybridized carbons (Fsp3) is 0.238. The number of amides is 1. The average molecular weight is 401 g/mol. The Hall–Kier alpha value is -2.24. The zero-order valence-electron chi connectivity index (χ0n) is 15.5. The van der Waals surface area contributed by atoms with Crippen LogP contribution in [0.2, 0.25) is 5.02 Å². The van der Waals surface area contributed by atoms with E-state index >= 15 is 0 Å². The zero-order valence-corrected chi connectivity index (χ0v) is 17.1. The number of halogens is 1. The third kappa shape index (κ3) is 4.73. The second-order valence-electron chi connectivity index (χ2n) is 6.38. The fourth-order valence-corrected chi connectivity index (χ4v) is 4.22. The van der Waals surface area contributed by atoms with Crippen LogP contribution >= 0.6 is 23.4 Å². The largest absolute Gasteiger partial charge is 0.361 e. The highest BCUT2D eigenvalue weighted by Crippen LogP contribution is 2.29. The number of thioether (sulfide) groups is 1. The Labute approximate surface area is 168 Å². The molecule has 4 nitrogen and oxygen atoms in total. The van der Waals surface area contributed by atoms with Crippen molar-refractivity contribution in [3.8, 4) is 0 Å². The number of aromatic nitrogens is 1. The van der Waals surface area contributed by atoms with Crippen LogP contribution < -0.4 is 0 Å². The normalized spacial score (nSPS) is 10.8. The summed E-state index contributed by atoms with van der Waals surface area (Å²) < 4.78 is 5.23. The van der Waals surface area contributed by atoms with E-state index in [0.29, 0.717) is 22.9 Å². The van der Waals surface area contributed by atoms with Gasteiger partial charge >= 0.3 is 0 Å². The molecule has 0 aliphatic carbocycles. The number of carbonyl (C=O) groups is 1. The standard InChI is InChI=1S/C21H21ClN2O2S/c1-14-19(15(2)26-23-14)13-27-20-10-5-4-9-18(20)21(25)24(3)12-16-7-6-8-17(22)11-16/h4-11H,12-13H2,1-3H3. The molecular formula is C21H21ClN2O2S. The summed E-state index contributed by atoms with van der Waals surface area (Å²) in [6.07, 6.45) is 0. The third-order valence-electron chi connectivity index (χ3n) is 4.33. The van der Waals surface area contributed by atoms with E-state index < -0.39 is 0 Å². The lowest BCUT2D eigenvalue weighted by Gasteiger charge is -2.19. The fourth-order valence-electron chi connectivity index (χ4n) is 2.81. The van der Waals surface area contributed by atoms with Crippen molar-refractivity contribution in [1.82, 2.24) is 10.1 Å². The minimum Gasteiger partial charge on any atom is -0.361 e. The number of rotatable bonds is 6. The van der Waals surface area contributed by atoms with Crippen LogP contribution in [-0.2, 0) is 12.3 Å². The highest BCUT2D eigenvalue weighted by Gasteiger charge is 2.17. The Morgan fingerprint density at radius 2 is 1.96 bits per heavy atom. The van der Waals surface area contributed by atoms with Crippen molar-refractivity contribution in [3.63, 3.8) is 0 Å². The van der Waals surface area contributed by atoms with Crippen molar-refractivity contribution >= 4 is 29.3 Å². The van der Waals surface area contributed by atoms with Crippen molar-refractivity contribution in [2.24, 2.45) is 0 Å². The van der Waals surface area contributed by atoms with Crippen molar-refractivity contribution in [2.45, 2.75) is 31.0 Å². The van der Waals surface area contributed by atoms with Crippen LogP contribution in [0.1, 0.15) is 32.9 Å². The molecule has 1 heterocycles. The van der Waals surface area contributed by atoms with Gasteiger partial charge in [-0.15, -0.1) is 11.8 Å². The predicted octanol–water partition coefficient (Wildman–Crippen LogP) is 5.51. The minimum atomic E-state index is -0.0168. The first-order valence-corrected chi connectivity index (χ1v) is 9.95. The first-order valence-electron chi connectivity index (χ1n) is 8.59. The Morgan fingerprint density at radius 1 is 1.19 bits per heavy atom. The van der Waals surface area contributed by atoms with Gasteiger partial charge in [0.2, 0.25) is 0 Å². The number of nitrogens with zero attached hydrogens (tertiary/aromatic N) is 2. The molecule has 0 atom stereocenters. The van der Waals surface area contributed by atoms with Gasteiger partial charge in [-0.3, -0.25) is 4.79 Å². The summed E-state index contributed by atoms with van der Waals surface area (Å²) in [6, 6.07) is 15.2. The minimum absolute atomic E-state index is 0.0168. The highest BCUT2D eigenvalue weighted by molar-refractivity contribution is 7.98. The molecule has 0 unspecified atom stereocenters. The first-order chi connectivity index (χ1) is 13.0. The van der Waals surface area contributed by atoms with E-state index in [0.717, 1.165) is 27.5 Å². The summed E-state index contributed by atoms with van der Waals surface area (Å²) in [4.78, 5) is 15.7. The van der Waals surface area contributed by atoms with Crippen molar-refractivity contribution in [3.05, 3.63) is 81.7 Å². The lowest BCUT2D eigenvalue weighted by atomic mass is 10.1. The summed E-state index contributed by atoms with van der Waals surface area (Å²) in [5.74, 6) is 1.52. The number of benzene rings is 2. The van der Waals surface area contributed by atoms with Crippen molar-refractivity contribution in [2.75, 3.05) is 7.05 Å². The molecule has 27 heavy (non-hydrogen) atoms. The van der Waals surface area contributed by atoms with Gasteiger partial charge in [0, 0.05) is 34.8 Å². The van der Waals surface area contributed by atoms with Crippen LogP contribution in [0.25, 0.3) is 0 Å². The molecule has 1 amide bonds. The molecular weight excluding hydrogens is 380 g/mol. The van der Waals surface area contributed by atoms with E-state index in [4.69, 9.17) is 16.1 Å². The lowest BCUT2D eigenvalue weighted by molar-refractivity contribution is 0.0781. The van der Waals surface area contributed by atoms with Crippen LogP contribution in [0.5, 0.6) is 0 Å². The molecule has 140 valence electrons. The Morgan fingerprint density at radius 3 is 2.67 bits per heavy atom. The maximum absolute atomic E-state index is 13.0. The van der Waals surface area contributed by atoms with Gasteiger partial charge < -0.3 is 9.42 Å². The van der Waals surface area contributed by atoms with Crippen molar-refractivity contribution < 1.29 is 9.32 Å². The molecule has 0 bridgehead atoms. The van der Waals surface area contributed by atoms with E-state index in [1.165, 1.54) is 0 Å². The molecule has 2 aromatic carbocycles. The smallest absolute Gasteiger partial charge is 0.255 e. The maximum Gasteiger partial charge on any atom is 0.255 e. The second-order valence-corrected chi connectivity index (χ2v) is 7.83. The van der Waals surface area contributed by atoms with Gasteiger partial charge in [0.1, 0.15) is 5.76 Å². The molecule has 0 spiro atoms. The Balaban J connectivity index is 1.75. The summed E-state index contributed by atoms with van der Waals surface area (Å²) >= 11 is 7.67. The molecule has 3 rings (SSSR count). The summed E-state index contributed by atoms with van der Waals surface area (Å²) in [6.45, 7) is 4.34. The maximum atomic E-state index is 13.0. The summed E-state index contributed by atoms with van der Waals surface area (Å²) in [5.41, 5.74) is 3.66. The third-order valence-corrected chi connectivity index (χ3v) is 5.66. The van der Waals surface area contributed by atoms with Gasteiger partial charge in [0.05, 0.1) is 11.3 Å². The van der Waals surface area contributed by atoms with Crippen LogP contribution in [0.15, 0.2) is 57.9 Å². The van der Waals surface area contributed by atoms with E-state index in [1.54, 1.807) is 23.7 Å². The molecule has 0 radical (unpaired) electrons. The lowest BCUT2D eigenvalue weighted by Crippen LogP contribution is -2.26. The van der Waals surface area contributed by atoms with Crippen LogP contribution in [0.3, 0.4) is 0 Å². The Bertz CT molecular complexity index is 935. The Kier molecular flexibility index (Phi) is 6.24. The molecule has 0 aliphatic rings. The van der Waals surface area contributed by atoms with Gasteiger partial charge in [-0.1, -0.05) is 41.0 Å². The number of hydrogen-bond donors (Lipinski definition) is 0. The van der Waals surface area contributed by atoms with Gasteiger partial charge in [-0.2, -0.15) is 0 Å². The van der Waals surface area contributed by atoms with E-state index in [-0.39, 0.29) is 5.91 Å². The van der Waals surface area contributed by atoms with E-state index in [9.17, 15) is 4.79 Å². The predicted molar refractivity (Wildman–Crippen MR) is 109 cm³/mol. The van der Waals surface area contributed by atoms with Gasteiger partial charge in [-0.25, -0.2) is 0 Å².